The maximum atomic E-state index is 12.4. The normalized spacial score (nSPS) is 18.5. The summed E-state index contributed by atoms with van der Waals surface area (Å²) >= 11 is 1.84. The van der Waals surface area contributed by atoms with Crippen LogP contribution >= 0.6 is 11.8 Å². The van der Waals surface area contributed by atoms with Gasteiger partial charge < -0.3 is 4.74 Å². The highest BCUT2D eigenvalue weighted by molar-refractivity contribution is 8.01. The second-order valence-electron chi connectivity index (χ2n) is 4.57. The Kier molecular flexibility index (Phi) is 5.26. The van der Waals surface area contributed by atoms with Crippen LogP contribution in [0.2, 0.25) is 0 Å². The monoisotopic (exact) mass is 264 g/mol. The lowest BCUT2D eigenvalue weighted by Crippen LogP contribution is -2.24. The molecule has 0 radical (unpaired) electrons. The largest absolute Gasteiger partial charge is 0.381 e. The maximum absolute atomic E-state index is 12.4. The number of Topliss-reactive ketones (excluding diaryl/α,β-unsaturated/α-hetero) is 1. The molecule has 3 heteroatoms. The average Bonchev–Trinajstić information content (AvgIpc) is 2.46. The standard InChI is InChI=1S/C15H20O2S/c1-2-14(18-13-8-10-17-11-9-13)15(16)12-6-4-3-5-7-12/h3-7,13-14H,2,8-11H2,1H3. The van der Waals surface area contributed by atoms with E-state index in [0.717, 1.165) is 38.0 Å². The first-order valence-corrected chi connectivity index (χ1v) is 7.58. The van der Waals surface area contributed by atoms with Gasteiger partial charge in [-0.15, -0.1) is 11.8 Å². The van der Waals surface area contributed by atoms with E-state index in [1.807, 2.05) is 42.1 Å². The summed E-state index contributed by atoms with van der Waals surface area (Å²) in [7, 11) is 0. The third-order valence-electron chi connectivity index (χ3n) is 3.25. The van der Waals surface area contributed by atoms with Crippen molar-refractivity contribution in [2.24, 2.45) is 0 Å². The molecule has 1 atom stereocenters. The summed E-state index contributed by atoms with van der Waals surface area (Å²) in [6, 6.07) is 9.63. The molecule has 1 aromatic carbocycles. The second-order valence-corrected chi connectivity index (χ2v) is 6.08. The molecular weight excluding hydrogens is 244 g/mol. The molecule has 1 heterocycles. The van der Waals surface area contributed by atoms with Gasteiger partial charge in [0.05, 0.1) is 5.25 Å². The van der Waals surface area contributed by atoms with Gasteiger partial charge in [0, 0.05) is 24.0 Å². The van der Waals surface area contributed by atoms with Gasteiger partial charge in [-0.25, -0.2) is 0 Å². The van der Waals surface area contributed by atoms with E-state index >= 15 is 0 Å². The van der Waals surface area contributed by atoms with Crippen molar-refractivity contribution in [2.45, 2.75) is 36.7 Å². The second kappa shape index (κ2) is 6.95. The molecule has 0 bridgehead atoms. The lowest BCUT2D eigenvalue weighted by Gasteiger charge is -2.25. The first kappa shape index (κ1) is 13.6. The van der Waals surface area contributed by atoms with Crippen molar-refractivity contribution in [3.8, 4) is 0 Å². The fourth-order valence-corrected chi connectivity index (χ4v) is 3.56. The first-order valence-electron chi connectivity index (χ1n) is 6.63. The molecule has 18 heavy (non-hydrogen) atoms. The Labute approximate surface area is 113 Å². The van der Waals surface area contributed by atoms with E-state index in [0.29, 0.717) is 5.25 Å². The molecular formula is C15H20O2S. The van der Waals surface area contributed by atoms with Gasteiger partial charge in [0.25, 0.3) is 0 Å². The molecule has 1 saturated heterocycles. The number of ketones is 1. The molecule has 1 aromatic rings. The SMILES string of the molecule is CCC(SC1CCOCC1)C(=O)c1ccccc1. The Morgan fingerprint density at radius 3 is 2.61 bits per heavy atom. The van der Waals surface area contributed by atoms with E-state index in [9.17, 15) is 4.79 Å². The summed E-state index contributed by atoms with van der Waals surface area (Å²) in [5.41, 5.74) is 0.837. The van der Waals surface area contributed by atoms with Gasteiger partial charge in [0.1, 0.15) is 0 Å². The maximum Gasteiger partial charge on any atom is 0.175 e. The van der Waals surface area contributed by atoms with Crippen LogP contribution in [-0.2, 0) is 4.74 Å². The molecule has 0 amide bonds. The smallest absolute Gasteiger partial charge is 0.175 e. The Hall–Kier alpha value is -0.800. The molecule has 1 unspecified atom stereocenters. The number of benzene rings is 1. The van der Waals surface area contributed by atoms with Gasteiger partial charge in [-0.1, -0.05) is 37.3 Å². The highest BCUT2D eigenvalue weighted by Crippen LogP contribution is 2.29. The molecule has 0 N–H and O–H groups in total. The molecule has 0 spiro atoms. The van der Waals surface area contributed by atoms with Crippen molar-refractivity contribution in [3.63, 3.8) is 0 Å². The third kappa shape index (κ3) is 3.59. The zero-order chi connectivity index (χ0) is 12.8. The average molecular weight is 264 g/mol. The molecule has 2 nitrogen and oxygen atoms in total. The van der Waals surface area contributed by atoms with Crippen LogP contribution in [0.5, 0.6) is 0 Å². The lowest BCUT2D eigenvalue weighted by molar-refractivity contribution is 0.0969. The van der Waals surface area contributed by atoms with Crippen LogP contribution in [-0.4, -0.2) is 29.5 Å². The van der Waals surface area contributed by atoms with Crippen LogP contribution in [0.15, 0.2) is 30.3 Å². The number of thioether (sulfide) groups is 1. The van der Waals surface area contributed by atoms with E-state index in [-0.39, 0.29) is 11.0 Å². The molecule has 1 aliphatic heterocycles. The van der Waals surface area contributed by atoms with E-state index in [1.54, 1.807) is 0 Å². The quantitative estimate of drug-likeness (QED) is 0.761. The highest BCUT2D eigenvalue weighted by Gasteiger charge is 2.24. The molecule has 0 saturated carbocycles. The summed E-state index contributed by atoms with van der Waals surface area (Å²) in [5.74, 6) is 0.273. The number of rotatable bonds is 5. The topological polar surface area (TPSA) is 26.3 Å². The van der Waals surface area contributed by atoms with Gasteiger partial charge in [0.15, 0.2) is 5.78 Å². The summed E-state index contributed by atoms with van der Waals surface area (Å²) < 4.78 is 5.36. The van der Waals surface area contributed by atoms with Crippen molar-refractivity contribution in [2.75, 3.05) is 13.2 Å². The predicted molar refractivity (Wildman–Crippen MR) is 76.3 cm³/mol. The molecule has 0 aliphatic carbocycles. The summed E-state index contributed by atoms with van der Waals surface area (Å²) in [4.78, 5) is 12.4. The van der Waals surface area contributed by atoms with Gasteiger partial charge in [-0.05, 0) is 19.3 Å². The molecule has 98 valence electrons. The number of carbonyl (C=O) groups excluding carboxylic acids is 1. The zero-order valence-corrected chi connectivity index (χ0v) is 11.6. The van der Waals surface area contributed by atoms with Crippen LogP contribution in [0.1, 0.15) is 36.5 Å². The first-order chi connectivity index (χ1) is 8.81. The Balaban J connectivity index is 1.97. The highest BCUT2D eigenvalue weighted by atomic mass is 32.2. The van der Waals surface area contributed by atoms with Crippen LogP contribution in [0.4, 0.5) is 0 Å². The van der Waals surface area contributed by atoms with Crippen molar-refractivity contribution >= 4 is 17.5 Å². The number of hydrogen-bond acceptors (Lipinski definition) is 3. The summed E-state index contributed by atoms with van der Waals surface area (Å²) in [5, 5.41) is 0.673. The minimum atomic E-state index is 0.0931. The van der Waals surface area contributed by atoms with Crippen molar-refractivity contribution in [1.82, 2.24) is 0 Å². The van der Waals surface area contributed by atoms with Gasteiger partial charge in [-0.2, -0.15) is 0 Å². The lowest BCUT2D eigenvalue weighted by atomic mass is 10.1. The molecule has 0 aromatic heterocycles. The third-order valence-corrected chi connectivity index (χ3v) is 4.98. The Morgan fingerprint density at radius 1 is 1.33 bits per heavy atom. The molecule has 1 aliphatic rings. The Bertz CT molecular complexity index is 371. The molecule has 1 fully saturated rings. The minimum Gasteiger partial charge on any atom is -0.381 e. The van der Waals surface area contributed by atoms with Crippen LogP contribution in [0, 0.1) is 0 Å². The fraction of sp³-hybridized carbons (Fsp3) is 0.533. The van der Waals surface area contributed by atoms with Gasteiger partial charge in [0.2, 0.25) is 0 Å². The fourth-order valence-electron chi connectivity index (χ4n) is 2.18. The van der Waals surface area contributed by atoms with Gasteiger partial charge in [-0.3, -0.25) is 4.79 Å². The molecule has 2 rings (SSSR count). The minimum absolute atomic E-state index is 0.0931. The summed E-state index contributed by atoms with van der Waals surface area (Å²) in [6.07, 6.45) is 3.04. The Morgan fingerprint density at radius 2 is 2.00 bits per heavy atom. The van der Waals surface area contributed by atoms with Crippen molar-refractivity contribution in [3.05, 3.63) is 35.9 Å². The van der Waals surface area contributed by atoms with E-state index in [1.165, 1.54) is 0 Å². The van der Waals surface area contributed by atoms with Crippen LogP contribution < -0.4 is 0 Å². The zero-order valence-electron chi connectivity index (χ0n) is 10.8. The van der Waals surface area contributed by atoms with E-state index in [4.69, 9.17) is 4.74 Å². The van der Waals surface area contributed by atoms with Crippen LogP contribution in [0.25, 0.3) is 0 Å². The number of hydrogen-bond donors (Lipinski definition) is 0. The van der Waals surface area contributed by atoms with Crippen molar-refractivity contribution in [1.29, 1.82) is 0 Å². The van der Waals surface area contributed by atoms with Crippen molar-refractivity contribution < 1.29 is 9.53 Å². The number of carbonyl (C=O) groups is 1. The van der Waals surface area contributed by atoms with Crippen LogP contribution in [0.3, 0.4) is 0 Å². The van der Waals surface area contributed by atoms with E-state index < -0.39 is 0 Å². The van der Waals surface area contributed by atoms with E-state index in [2.05, 4.69) is 6.92 Å². The van der Waals surface area contributed by atoms with Gasteiger partial charge >= 0.3 is 0 Å². The number of ether oxygens (including phenoxy) is 1. The summed E-state index contributed by atoms with van der Waals surface area (Å²) in [6.45, 7) is 3.78. The predicted octanol–water partition coefficient (Wildman–Crippen LogP) is 3.56.